The van der Waals surface area contributed by atoms with E-state index in [1.54, 1.807) is 0 Å². The van der Waals surface area contributed by atoms with Gasteiger partial charge in [0, 0.05) is 50.9 Å². The minimum Gasteiger partial charge on any atom is -0.356 e. The number of hydrogen-bond donors (Lipinski definition) is 0. The van der Waals surface area contributed by atoms with Gasteiger partial charge in [-0.1, -0.05) is 30.3 Å². The number of benzene rings is 1. The highest BCUT2D eigenvalue weighted by Gasteiger charge is 2.24. The molecule has 1 amide bonds. The van der Waals surface area contributed by atoms with E-state index in [0.717, 1.165) is 50.6 Å². The second kappa shape index (κ2) is 7.41. The fourth-order valence-electron chi connectivity index (χ4n) is 3.54. The van der Waals surface area contributed by atoms with Crippen molar-refractivity contribution in [2.24, 2.45) is 0 Å². The van der Waals surface area contributed by atoms with Crippen LogP contribution in [0.1, 0.15) is 23.3 Å². The predicted molar refractivity (Wildman–Crippen MR) is 102 cm³/mol. The van der Waals surface area contributed by atoms with Gasteiger partial charge in [-0.25, -0.2) is 9.97 Å². The van der Waals surface area contributed by atoms with Crippen LogP contribution in [-0.2, 0) is 0 Å². The van der Waals surface area contributed by atoms with Crippen molar-refractivity contribution < 1.29 is 4.79 Å². The first-order chi connectivity index (χ1) is 12.7. The predicted octanol–water partition coefficient (Wildman–Crippen LogP) is 2.13. The fourth-order valence-corrected chi connectivity index (χ4v) is 3.54. The smallest absolute Gasteiger partial charge is 0.272 e. The molecular weight excluding hydrogens is 326 g/mol. The van der Waals surface area contributed by atoms with Crippen molar-refractivity contribution in [3.8, 4) is 11.4 Å². The maximum Gasteiger partial charge on any atom is 0.272 e. The molecule has 26 heavy (non-hydrogen) atoms. The third-order valence-corrected chi connectivity index (χ3v) is 5.18. The minimum absolute atomic E-state index is 0.0122. The highest BCUT2D eigenvalue weighted by atomic mass is 16.2. The van der Waals surface area contributed by atoms with Gasteiger partial charge in [0.2, 0.25) is 0 Å². The summed E-state index contributed by atoms with van der Waals surface area (Å²) < 4.78 is 0. The molecule has 2 aliphatic rings. The first kappa shape index (κ1) is 17.0. The molecule has 1 aromatic carbocycles. The van der Waals surface area contributed by atoms with E-state index in [1.807, 2.05) is 41.3 Å². The van der Waals surface area contributed by atoms with E-state index < -0.39 is 0 Å². The van der Waals surface area contributed by atoms with Gasteiger partial charge >= 0.3 is 0 Å². The number of piperazine rings is 1. The molecule has 0 saturated carbocycles. The molecule has 2 saturated heterocycles. The van der Waals surface area contributed by atoms with Gasteiger partial charge in [-0.3, -0.25) is 4.79 Å². The normalized spacial score (nSPS) is 18.3. The average molecular weight is 351 g/mol. The lowest BCUT2D eigenvalue weighted by molar-refractivity contribution is 0.0658. The van der Waals surface area contributed by atoms with Crippen molar-refractivity contribution in [3.63, 3.8) is 0 Å². The Bertz CT molecular complexity index is 765. The lowest BCUT2D eigenvalue weighted by atomic mass is 10.2. The Labute approximate surface area is 154 Å². The molecule has 0 N–H and O–H groups in total. The zero-order valence-electron chi connectivity index (χ0n) is 15.3. The number of carbonyl (C=O) groups is 1. The average Bonchev–Trinajstić information content (AvgIpc) is 3.23. The lowest BCUT2D eigenvalue weighted by Crippen LogP contribution is -2.47. The van der Waals surface area contributed by atoms with Gasteiger partial charge in [-0.05, 0) is 19.9 Å². The molecule has 3 heterocycles. The monoisotopic (exact) mass is 351 g/mol. The third kappa shape index (κ3) is 3.55. The molecule has 4 rings (SSSR count). The zero-order chi connectivity index (χ0) is 17.9. The quantitative estimate of drug-likeness (QED) is 0.848. The van der Waals surface area contributed by atoms with Crippen LogP contribution >= 0.6 is 0 Å². The number of anilines is 1. The van der Waals surface area contributed by atoms with Crippen molar-refractivity contribution >= 4 is 11.7 Å². The van der Waals surface area contributed by atoms with E-state index >= 15 is 0 Å². The van der Waals surface area contributed by atoms with Gasteiger partial charge in [0.15, 0.2) is 5.82 Å². The molecule has 2 fully saturated rings. The number of carbonyl (C=O) groups excluding carboxylic acids is 1. The Hall–Kier alpha value is -2.47. The van der Waals surface area contributed by atoms with Crippen molar-refractivity contribution in [1.29, 1.82) is 0 Å². The van der Waals surface area contributed by atoms with Crippen LogP contribution in [0, 0.1) is 0 Å². The summed E-state index contributed by atoms with van der Waals surface area (Å²) in [4.78, 5) is 28.9. The van der Waals surface area contributed by atoms with Gasteiger partial charge in [0.25, 0.3) is 5.91 Å². The van der Waals surface area contributed by atoms with E-state index in [-0.39, 0.29) is 5.91 Å². The second-order valence-corrected chi connectivity index (χ2v) is 7.09. The highest BCUT2D eigenvalue weighted by molar-refractivity contribution is 5.93. The van der Waals surface area contributed by atoms with Gasteiger partial charge in [0.1, 0.15) is 11.5 Å². The topological polar surface area (TPSA) is 52.6 Å². The van der Waals surface area contributed by atoms with E-state index in [9.17, 15) is 4.79 Å². The van der Waals surface area contributed by atoms with Crippen LogP contribution < -0.4 is 4.90 Å². The first-order valence-electron chi connectivity index (χ1n) is 9.38. The van der Waals surface area contributed by atoms with Crippen LogP contribution in [0.2, 0.25) is 0 Å². The van der Waals surface area contributed by atoms with Gasteiger partial charge in [-0.2, -0.15) is 0 Å². The van der Waals surface area contributed by atoms with Crippen LogP contribution in [0.5, 0.6) is 0 Å². The summed E-state index contributed by atoms with van der Waals surface area (Å²) in [6.07, 6.45) is 2.35. The molecule has 1 aromatic heterocycles. The van der Waals surface area contributed by atoms with Crippen LogP contribution in [0.3, 0.4) is 0 Å². The van der Waals surface area contributed by atoms with Crippen LogP contribution in [-0.4, -0.2) is 72.0 Å². The summed E-state index contributed by atoms with van der Waals surface area (Å²) in [7, 11) is 2.09. The van der Waals surface area contributed by atoms with Crippen molar-refractivity contribution in [2.45, 2.75) is 12.8 Å². The molecule has 0 radical (unpaired) electrons. The number of nitrogens with zero attached hydrogens (tertiary/aromatic N) is 5. The molecule has 6 nitrogen and oxygen atoms in total. The van der Waals surface area contributed by atoms with Crippen LogP contribution in [0.4, 0.5) is 5.82 Å². The maximum atomic E-state index is 13.1. The maximum absolute atomic E-state index is 13.1. The molecular formula is C20H25N5O. The Kier molecular flexibility index (Phi) is 4.84. The Morgan fingerprint density at radius 3 is 2.31 bits per heavy atom. The number of aromatic nitrogens is 2. The minimum atomic E-state index is 0.0122. The number of rotatable bonds is 3. The number of hydrogen-bond acceptors (Lipinski definition) is 5. The molecule has 0 atom stereocenters. The van der Waals surface area contributed by atoms with Gasteiger partial charge in [-0.15, -0.1) is 0 Å². The lowest BCUT2D eigenvalue weighted by Gasteiger charge is -2.32. The Balaban J connectivity index is 1.68. The fraction of sp³-hybridized carbons (Fsp3) is 0.450. The van der Waals surface area contributed by atoms with Crippen molar-refractivity contribution in [3.05, 3.63) is 42.1 Å². The van der Waals surface area contributed by atoms with Crippen LogP contribution in [0.25, 0.3) is 11.4 Å². The molecule has 136 valence electrons. The van der Waals surface area contributed by atoms with E-state index in [1.165, 1.54) is 12.8 Å². The third-order valence-electron chi connectivity index (χ3n) is 5.18. The van der Waals surface area contributed by atoms with Crippen molar-refractivity contribution in [2.75, 3.05) is 51.2 Å². The molecule has 0 unspecified atom stereocenters. The first-order valence-corrected chi connectivity index (χ1v) is 9.38. The molecule has 2 aromatic rings. The zero-order valence-corrected chi connectivity index (χ0v) is 15.3. The molecule has 0 bridgehead atoms. The van der Waals surface area contributed by atoms with E-state index in [2.05, 4.69) is 21.8 Å². The number of likely N-dealkylation sites (N-methyl/N-ethyl adjacent to an activating group) is 1. The van der Waals surface area contributed by atoms with Gasteiger partial charge < -0.3 is 14.7 Å². The molecule has 2 aliphatic heterocycles. The van der Waals surface area contributed by atoms with E-state index in [0.29, 0.717) is 11.5 Å². The van der Waals surface area contributed by atoms with Crippen LogP contribution in [0.15, 0.2) is 36.4 Å². The Morgan fingerprint density at radius 2 is 1.62 bits per heavy atom. The SMILES string of the molecule is CN1CCN(C(=O)c2cc(N3CCCC3)nc(-c3ccccc3)n2)CC1. The van der Waals surface area contributed by atoms with Gasteiger partial charge in [0.05, 0.1) is 0 Å². The molecule has 0 spiro atoms. The second-order valence-electron chi connectivity index (χ2n) is 7.09. The van der Waals surface area contributed by atoms with Crippen molar-refractivity contribution in [1.82, 2.24) is 19.8 Å². The summed E-state index contributed by atoms with van der Waals surface area (Å²) in [6, 6.07) is 11.8. The highest BCUT2D eigenvalue weighted by Crippen LogP contribution is 2.24. The summed E-state index contributed by atoms with van der Waals surface area (Å²) in [5.74, 6) is 1.51. The summed E-state index contributed by atoms with van der Waals surface area (Å²) in [5.41, 5.74) is 1.45. The Morgan fingerprint density at radius 1 is 0.923 bits per heavy atom. The largest absolute Gasteiger partial charge is 0.356 e. The summed E-state index contributed by atoms with van der Waals surface area (Å²) >= 11 is 0. The standard InChI is InChI=1S/C20H25N5O/c1-23-11-13-25(14-12-23)20(26)17-15-18(24-9-5-6-10-24)22-19(21-17)16-7-3-2-4-8-16/h2-4,7-8,15H,5-6,9-14H2,1H3. The number of amides is 1. The summed E-state index contributed by atoms with van der Waals surface area (Å²) in [5, 5.41) is 0. The summed E-state index contributed by atoms with van der Waals surface area (Å²) in [6.45, 7) is 5.29. The molecule has 0 aliphatic carbocycles. The molecule has 6 heteroatoms. The van der Waals surface area contributed by atoms with E-state index in [4.69, 9.17) is 4.98 Å².